The number of aliphatic hydroxyl groups is 1. The molecule has 3 nitrogen and oxygen atoms in total. The van der Waals surface area contributed by atoms with Gasteiger partial charge in [0.25, 0.3) is 0 Å². The van der Waals surface area contributed by atoms with E-state index in [1.807, 2.05) is 6.92 Å². The SMILES string of the molecule is CC1=C(C)C2(O)O[C@](C)(CCCC(C)CCCC(C)CCCC(C)C)CCC2=CC1=O. The Hall–Kier alpha value is -0.930. The first-order valence-corrected chi connectivity index (χ1v) is 12.8. The molecule has 0 aromatic carbocycles. The van der Waals surface area contributed by atoms with Crippen LogP contribution in [0.25, 0.3) is 0 Å². The molecule has 0 aromatic rings. The average molecular weight is 433 g/mol. The highest BCUT2D eigenvalue weighted by atomic mass is 16.6. The second-order valence-corrected chi connectivity index (χ2v) is 11.3. The second kappa shape index (κ2) is 11.3. The first-order valence-electron chi connectivity index (χ1n) is 12.8. The number of carbonyl (C=O) groups is 1. The highest BCUT2D eigenvalue weighted by Crippen LogP contribution is 2.46. The van der Waals surface area contributed by atoms with E-state index in [-0.39, 0.29) is 11.4 Å². The van der Waals surface area contributed by atoms with Crippen LogP contribution in [-0.4, -0.2) is 22.3 Å². The van der Waals surface area contributed by atoms with Crippen LogP contribution in [0.3, 0.4) is 0 Å². The Morgan fingerprint density at radius 3 is 2.10 bits per heavy atom. The van der Waals surface area contributed by atoms with Crippen molar-refractivity contribution in [3.05, 3.63) is 22.8 Å². The molecule has 3 heteroatoms. The van der Waals surface area contributed by atoms with E-state index in [9.17, 15) is 9.90 Å². The minimum Gasteiger partial charge on any atom is -0.359 e. The Kier molecular flexibility index (Phi) is 9.57. The number of allylic oxidation sites excluding steroid dienone is 2. The van der Waals surface area contributed by atoms with Gasteiger partial charge in [0.2, 0.25) is 5.79 Å². The standard InChI is InChI=1S/C28H48O3/c1-20(2)11-8-12-21(3)13-9-14-22(4)15-10-17-27(7)18-16-25-19-26(29)23(5)24(6)28(25,30)31-27/h19-22,30H,8-18H2,1-7H3/t21?,22?,27-,28?/m1/s1. The van der Waals surface area contributed by atoms with Gasteiger partial charge in [0.1, 0.15) is 0 Å². The van der Waals surface area contributed by atoms with Gasteiger partial charge < -0.3 is 9.84 Å². The van der Waals surface area contributed by atoms with Crippen LogP contribution in [0.15, 0.2) is 22.8 Å². The van der Waals surface area contributed by atoms with Gasteiger partial charge >= 0.3 is 0 Å². The van der Waals surface area contributed by atoms with Gasteiger partial charge in [0.05, 0.1) is 5.60 Å². The number of hydrogen-bond acceptors (Lipinski definition) is 3. The molecular formula is C28H48O3. The van der Waals surface area contributed by atoms with Crippen LogP contribution in [0.2, 0.25) is 0 Å². The molecule has 0 aromatic heterocycles. The molecule has 1 saturated heterocycles. The molecule has 0 bridgehead atoms. The summed E-state index contributed by atoms with van der Waals surface area (Å²) in [6, 6.07) is 0. The summed E-state index contributed by atoms with van der Waals surface area (Å²) in [5.41, 5.74) is 1.67. The average Bonchev–Trinajstić information content (AvgIpc) is 2.67. The lowest BCUT2D eigenvalue weighted by Crippen LogP contribution is -2.51. The van der Waals surface area contributed by atoms with E-state index >= 15 is 0 Å². The number of rotatable bonds is 12. The number of hydrogen-bond donors (Lipinski definition) is 1. The number of ketones is 1. The predicted octanol–water partition coefficient (Wildman–Crippen LogP) is 7.53. The number of carbonyl (C=O) groups excluding carboxylic acids is 1. The highest BCUT2D eigenvalue weighted by molar-refractivity contribution is 6.06. The van der Waals surface area contributed by atoms with Gasteiger partial charge in [-0.1, -0.05) is 79.1 Å². The summed E-state index contributed by atoms with van der Waals surface area (Å²) in [7, 11) is 0. The fourth-order valence-electron chi connectivity index (χ4n) is 5.21. The minimum atomic E-state index is -1.39. The van der Waals surface area contributed by atoms with E-state index in [1.165, 1.54) is 44.9 Å². The molecule has 2 aliphatic rings. The Balaban J connectivity index is 1.72. The number of ether oxygens (including phenoxy) is 1. The largest absolute Gasteiger partial charge is 0.359 e. The summed E-state index contributed by atoms with van der Waals surface area (Å²) in [6.07, 6.45) is 14.6. The van der Waals surface area contributed by atoms with Crippen molar-refractivity contribution in [3.63, 3.8) is 0 Å². The van der Waals surface area contributed by atoms with Crippen LogP contribution in [0.4, 0.5) is 0 Å². The summed E-state index contributed by atoms with van der Waals surface area (Å²) in [5.74, 6) is 1.04. The molecule has 31 heavy (non-hydrogen) atoms. The molecular weight excluding hydrogens is 384 g/mol. The van der Waals surface area contributed by atoms with Crippen molar-refractivity contribution in [2.45, 2.75) is 130 Å². The third-order valence-corrected chi connectivity index (χ3v) is 7.77. The summed E-state index contributed by atoms with van der Waals surface area (Å²) >= 11 is 0. The van der Waals surface area contributed by atoms with Crippen LogP contribution < -0.4 is 0 Å². The molecule has 1 N–H and O–H groups in total. The van der Waals surface area contributed by atoms with Gasteiger partial charge in [-0.05, 0) is 75.0 Å². The topological polar surface area (TPSA) is 46.5 Å². The molecule has 0 saturated carbocycles. The van der Waals surface area contributed by atoms with E-state index in [0.29, 0.717) is 11.1 Å². The van der Waals surface area contributed by atoms with Crippen LogP contribution in [0.5, 0.6) is 0 Å². The smallest absolute Gasteiger partial charge is 0.212 e. The van der Waals surface area contributed by atoms with Crippen molar-refractivity contribution < 1.29 is 14.6 Å². The maximum atomic E-state index is 12.1. The van der Waals surface area contributed by atoms with Crippen LogP contribution in [-0.2, 0) is 9.53 Å². The zero-order valence-electron chi connectivity index (χ0n) is 21.4. The molecule has 2 rings (SSSR count). The lowest BCUT2D eigenvalue weighted by molar-refractivity contribution is -0.239. The predicted molar refractivity (Wildman–Crippen MR) is 130 cm³/mol. The normalized spacial score (nSPS) is 28.5. The van der Waals surface area contributed by atoms with Gasteiger partial charge in [0, 0.05) is 5.57 Å². The van der Waals surface area contributed by atoms with Crippen molar-refractivity contribution in [2.24, 2.45) is 17.8 Å². The van der Waals surface area contributed by atoms with Crippen LogP contribution in [0, 0.1) is 17.8 Å². The van der Waals surface area contributed by atoms with Gasteiger partial charge in [-0.15, -0.1) is 0 Å². The molecule has 1 fully saturated rings. The molecule has 3 unspecified atom stereocenters. The van der Waals surface area contributed by atoms with Crippen LogP contribution in [0.1, 0.15) is 119 Å². The third kappa shape index (κ3) is 7.29. The second-order valence-electron chi connectivity index (χ2n) is 11.3. The molecule has 1 aliphatic carbocycles. The molecule has 0 amide bonds. The molecule has 4 atom stereocenters. The van der Waals surface area contributed by atoms with E-state index in [4.69, 9.17) is 4.74 Å². The zero-order chi connectivity index (χ0) is 23.2. The molecule has 1 heterocycles. The van der Waals surface area contributed by atoms with Gasteiger partial charge in [-0.2, -0.15) is 0 Å². The lowest BCUT2D eigenvalue weighted by atomic mass is 9.78. The first kappa shape index (κ1) is 26.3. The van der Waals surface area contributed by atoms with Crippen molar-refractivity contribution >= 4 is 5.78 Å². The Morgan fingerprint density at radius 2 is 1.52 bits per heavy atom. The fraction of sp³-hybridized carbons (Fsp3) is 0.821. The van der Waals surface area contributed by atoms with Crippen molar-refractivity contribution in [2.75, 3.05) is 0 Å². The molecule has 178 valence electrons. The first-order chi connectivity index (χ1) is 14.5. The van der Waals surface area contributed by atoms with Gasteiger partial charge in [-0.25, -0.2) is 0 Å². The Bertz CT molecular complexity index is 674. The zero-order valence-corrected chi connectivity index (χ0v) is 21.4. The van der Waals surface area contributed by atoms with E-state index in [0.717, 1.165) is 49.0 Å². The maximum absolute atomic E-state index is 12.1. The van der Waals surface area contributed by atoms with E-state index < -0.39 is 5.79 Å². The highest BCUT2D eigenvalue weighted by Gasteiger charge is 2.48. The minimum absolute atomic E-state index is 0.00689. The fourth-order valence-corrected chi connectivity index (χ4v) is 5.21. The summed E-state index contributed by atoms with van der Waals surface area (Å²) in [5, 5.41) is 11.3. The van der Waals surface area contributed by atoms with E-state index in [2.05, 4.69) is 34.6 Å². The molecule has 0 spiro atoms. The van der Waals surface area contributed by atoms with Crippen molar-refractivity contribution in [1.82, 2.24) is 0 Å². The quantitative estimate of drug-likeness (QED) is 0.347. The van der Waals surface area contributed by atoms with Gasteiger partial charge in [0.15, 0.2) is 5.78 Å². The van der Waals surface area contributed by atoms with Gasteiger partial charge in [-0.3, -0.25) is 4.79 Å². The van der Waals surface area contributed by atoms with Crippen molar-refractivity contribution in [1.29, 1.82) is 0 Å². The molecule has 0 radical (unpaired) electrons. The third-order valence-electron chi connectivity index (χ3n) is 7.77. The number of fused-ring (bicyclic) bond motifs is 1. The summed E-state index contributed by atoms with van der Waals surface area (Å²) < 4.78 is 6.32. The van der Waals surface area contributed by atoms with E-state index in [1.54, 1.807) is 13.0 Å². The lowest BCUT2D eigenvalue weighted by Gasteiger charge is -2.47. The van der Waals surface area contributed by atoms with Crippen LogP contribution >= 0.6 is 0 Å². The monoisotopic (exact) mass is 432 g/mol. The van der Waals surface area contributed by atoms with Crippen molar-refractivity contribution in [3.8, 4) is 0 Å². The maximum Gasteiger partial charge on any atom is 0.212 e. The summed E-state index contributed by atoms with van der Waals surface area (Å²) in [6.45, 7) is 15.2. The molecule has 1 aliphatic heterocycles. The Morgan fingerprint density at radius 1 is 0.968 bits per heavy atom. The summed E-state index contributed by atoms with van der Waals surface area (Å²) in [4.78, 5) is 12.1. The Labute approximate surface area is 191 Å².